The monoisotopic (exact) mass is 405 g/mol. The lowest BCUT2D eigenvalue weighted by atomic mass is 10.0. The van der Waals surface area contributed by atoms with Gasteiger partial charge in [0.15, 0.2) is 5.65 Å². The summed E-state index contributed by atoms with van der Waals surface area (Å²) in [6, 6.07) is 9.67. The Kier molecular flexibility index (Phi) is 5.28. The lowest BCUT2D eigenvalue weighted by molar-refractivity contribution is -0.117. The summed E-state index contributed by atoms with van der Waals surface area (Å²) in [6.07, 6.45) is 1.52. The summed E-state index contributed by atoms with van der Waals surface area (Å²) in [4.78, 5) is 31.5. The molecule has 1 saturated heterocycles. The third-order valence-corrected chi connectivity index (χ3v) is 5.60. The quantitative estimate of drug-likeness (QED) is 0.705. The third kappa shape index (κ3) is 3.67. The molecule has 0 saturated carbocycles. The van der Waals surface area contributed by atoms with E-state index in [9.17, 15) is 9.59 Å². The highest BCUT2D eigenvalue weighted by molar-refractivity contribution is 6.06. The molecule has 0 atom stereocenters. The van der Waals surface area contributed by atoms with Gasteiger partial charge in [-0.3, -0.25) is 14.3 Å². The van der Waals surface area contributed by atoms with Gasteiger partial charge >= 0.3 is 0 Å². The van der Waals surface area contributed by atoms with E-state index in [1.807, 2.05) is 49.2 Å². The van der Waals surface area contributed by atoms with Crippen molar-refractivity contribution in [2.24, 2.45) is 7.05 Å². The van der Waals surface area contributed by atoms with Crippen molar-refractivity contribution < 1.29 is 9.59 Å². The van der Waals surface area contributed by atoms with Crippen molar-refractivity contribution in [2.75, 3.05) is 11.4 Å². The first kappa shape index (κ1) is 20.1. The van der Waals surface area contributed by atoms with Crippen LogP contribution in [0.2, 0.25) is 0 Å². The number of carbonyl (C=O) groups is 2. The number of rotatable bonds is 5. The number of anilines is 1. The Bertz CT molecular complexity index is 1110. The summed E-state index contributed by atoms with van der Waals surface area (Å²) < 4.78 is 1.73. The van der Waals surface area contributed by atoms with E-state index >= 15 is 0 Å². The second-order valence-electron chi connectivity index (χ2n) is 8.16. The van der Waals surface area contributed by atoms with Crippen molar-refractivity contribution in [3.63, 3.8) is 0 Å². The maximum absolute atomic E-state index is 13.1. The van der Waals surface area contributed by atoms with E-state index in [1.54, 1.807) is 4.68 Å². The van der Waals surface area contributed by atoms with Crippen molar-refractivity contribution in [2.45, 2.75) is 46.1 Å². The lowest BCUT2D eigenvalue weighted by Gasteiger charge is -2.16. The van der Waals surface area contributed by atoms with Gasteiger partial charge in [0, 0.05) is 37.9 Å². The first-order valence-electron chi connectivity index (χ1n) is 10.4. The molecule has 1 aliphatic heterocycles. The number of aryl methyl sites for hydroxylation is 2. The zero-order chi connectivity index (χ0) is 21.4. The normalized spacial score (nSPS) is 14.2. The number of nitrogens with one attached hydrogen (secondary N) is 1. The number of fused-ring (bicyclic) bond motifs is 1. The number of hydrogen-bond donors (Lipinski definition) is 1. The van der Waals surface area contributed by atoms with Crippen molar-refractivity contribution in [1.82, 2.24) is 20.1 Å². The molecule has 4 rings (SSSR count). The number of aromatic nitrogens is 3. The highest BCUT2D eigenvalue weighted by Gasteiger charge is 2.22. The molecule has 0 spiro atoms. The molecule has 0 unspecified atom stereocenters. The van der Waals surface area contributed by atoms with Crippen LogP contribution in [0.15, 0.2) is 30.3 Å². The van der Waals surface area contributed by atoms with Crippen molar-refractivity contribution in [3.8, 4) is 0 Å². The molecular weight excluding hydrogens is 378 g/mol. The molecule has 7 nitrogen and oxygen atoms in total. The third-order valence-electron chi connectivity index (χ3n) is 5.60. The number of nitrogens with zero attached hydrogens (tertiary/aromatic N) is 4. The van der Waals surface area contributed by atoms with Crippen LogP contribution < -0.4 is 10.2 Å². The first-order valence-corrected chi connectivity index (χ1v) is 10.4. The summed E-state index contributed by atoms with van der Waals surface area (Å²) in [6.45, 7) is 7.20. The summed E-state index contributed by atoms with van der Waals surface area (Å²) in [5, 5.41) is 8.26. The van der Waals surface area contributed by atoms with E-state index in [0.29, 0.717) is 18.5 Å². The van der Waals surface area contributed by atoms with Gasteiger partial charge in [-0.25, -0.2) is 4.98 Å². The minimum atomic E-state index is -0.140. The molecule has 1 N–H and O–H groups in total. The van der Waals surface area contributed by atoms with Crippen molar-refractivity contribution >= 4 is 28.5 Å². The Balaban J connectivity index is 1.54. The van der Waals surface area contributed by atoms with Gasteiger partial charge in [-0.05, 0) is 43.0 Å². The minimum absolute atomic E-state index is 0.140. The second-order valence-corrected chi connectivity index (χ2v) is 8.16. The lowest BCUT2D eigenvalue weighted by Crippen LogP contribution is -2.24. The summed E-state index contributed by atoms with van der Waals surface area (Å²) in [5.74, 6) is 0.238. The molecule has 1 aliphatic rings. The Morgan fingerprint density at radius 2 is 1.97 bits per heavy atom. The summed E-state index contributed by atoms with van der Waals surface area (Å²) in [5.41, 5.74) is 4.89. The van der Waals surface area contributed by atoms with Crippen LogP contribution in [-0.2, 0) is 18.4 Å². The molecule has 1 aromatic carbocycles. The van der Waals surface area contributed by atoms with E-state index in [2.05, 4.69) is 24.3 Å². The van der Waals surface area contributed by atoms with Crippen LogP contribution in [-0.4, -0.2) is 33.1 Å². The Morgan fingerprint density at radius 3 is 2.60 bits per heavy atom. The van der Waals surface area contributed by atoms with Gasteiger partial charge in [-0.1, -0.05) is 26.0 Å². The average Bonchev–Trinajstić information content (AvgIpc) is 3.28. The molecule has 2 aromatic heterocycles. The molecule has 2 amide bonds. The summed E-state index contributed by atoms with van der Waals surface area (Å²) >= 11 is 0. The number of hydrogen-bond acceptors (Lipinski definition) is 4. The van der Waals surface area contributed by atoms with Crippen LogP contribution in [0.1, 0.15) is 59.9 Å². The van der Waals surface area contributed by atoms with Crippen molar-refractivity contribution in [3.05, 3.63) is 52.8 Å². The fourth-order valence-corrected chi connectivity index (χ4v) is 3.93. The number of benzene rings is 1. The van der Waals surface area contributed by atoms with Crippen molar-refractivity contribution in [1.29, 1.82) is 0 Å². The van der Waals surface area contributed by atoms with Gasteiger partial charge in [0.05, 0.1) is 16.6 Å². The maximum atomic E-state index is 13.1. The van der Waals surface area contributed by atoms with Crippen LogP contribution in [0, 0.1) is 6.92 Å². The van der Waals surface area contributed by atoms with Crippen LogP contribution in [0.5, 0.6) is 0 Å². The Labute approximate surface area is 176 Å². The van der Waals surface area contributed by atoms with E-state index in [-0.39, 0.29) is 17.7 Å². The van der Waals surface area contributed by atoms with Gasteiger partial charge in [0.1, 0.15) is 0 Å². The van der Waals surface area contributed by atoms with E-state index in [4.69, 9.17) is 4.98 Å². The fourth-order valence-electron chi connectivity index (χ4n) is 3.93. The Morgan fingerprint density at radius 1 is 1.23 bits per heavy atom. The first-order chi connectivity index (χ1) is 14.3. The molecule has 0 aliphatic carbocycles. The molecule has 156 valence electrons. The molecule has 7 heteroatoms. The van der Waals surface area contributed by atoms with E-state index in [0.717, 1.165) is 46.6 Å². The van der Waals surface area contributed by atoms with Gasteiger partial charge in [0.25, 0.3) is 5.91 Å². The smallest absolute Gasteiger partial charge is 0.252 e. The maximum Gasteiger partial charge on any atom is 0.252 e. The zero-order valence-electron chi connectivity index (χ0n) is 17.9. The predicted octanol–water partition coefficient (Wildman–Crippen LogP) is 3.46. The van der Waals surface area contributed by atoms with Gasteiger partial charge in [-0.15, -0.1) is 0 Å². The zero-order valence-corrected chi connectivity index (χ0v) is 17.9. The number of pyridine rings is 1. The molecular formula is C23H27N5O2. The average molecular weight is 406 g/mol. The van der Waals surface area contributed by atoms with Gasteiger partial charge in [-0.2, -0.15) is 5.10 Å². The second kappa shape index (κ2) is 7.89. The molecule has 3 aromatic rings. The molecule has 1 fully saturated rings. The largest absolute Gasteiger partial charge is 0.348 e. The van der Waals surface area contributed by atoms with Gasteiger partial charge < -0.3 is 10.2 Å². The SMILES string of the molecule is Cc1nn(C)c2nc(C(C)C)cc(C(=O)NCc3ccc(N4CCCC4=O)cc3)c12. The molecule has 0 radical (unpaired) electrons. The highest BCUT2D eigenvalue weighted by atomic mass is 16.2. The molecule has 30 heavy (non-hydrogen) atoms. The standard InChI is InChI=1S/C23H27N5O2/c1-14(2)19-12-18(21-15(3)26-27(4)22(21)25-19)23(30)24-13-16-7-9-17(10-8-16)28-11-5-6-20(28)29/h7-10,12,14H,5-6,11,13H2,1-4H3,(H,24,30). The minimum Gasteiger partial charge on any atom is -0.348 e. The Hall–Kier alpha value is -3.22. The number of carbonyl (C=O) groups excluding carboxylic acids is 2. The summed E-state index contributed by atoms with van der Waals surface area (Å²) in [7, 11) is 1.85. The number of amides is 2. The van der Waals surface area contributed by atoms with Crippen LogP contribution in [0.25, 0.3) is 11.0 Å². The van der Waals surface area contributed by atoms with E-state index in [1.165, 1.54) is 0 Å². The van der Waals surface area contributed by atoms with E-state index < -0.39 is 0 Å². The molecule has 3 heterocycles. The van der Waals surface area contributed by atoms with Crippen LogP contribution in [0.4, 0.5) is 5.69 Å². The fraction of sp³-hybridized carbons (Fsp3) is 0.391. The molecule has 0 bridgehead atoms. The van der Waals surface area contributed by atoms with Crippen LogP contribution in [0.3, 0.4) is 0 Å². The highest BCUT2D eigenvalue weighted by Crippen LogP contribution is 2.25. The van der Waals surface area contributed by atoms with Gasteiger partial charge in [0.2, 0.25) is 5.91 Å². The topological polar surface area (TPSA) is 80.1 Å². The van der Waals surface area contributed by atoms with Crippen LogP contribution >= 0.6 is 0 Å². The predicted molar refractivity (Wildman–Crippen MR) is 117 cm³/mol.